The van der Waals surface area contributed by atoms with Crippen LogP contribution in [0, 0.1) is 0 Å². The second kappa shape index (κ2) is 13.2. The lowest BCUT2D eigenvalue weighted by molar-refractivity contribution is 0.669. The van der Waals surface area contributed by atoms with Crippen molar-refractivity contribution >= 4 is 109 Å². The molecule has 0 saturated carbocycles. The molecule has 0 fully saturated rings. The second-order valence-electron chi connectivity index (χ2n) is 17.1. The fourth-order valence-electron chi connectivity index (χ4n) is 10.6. The predicted octanol–water partition coefficient (Wildman–Crippen LogP) is 15.5. The minimum absolute atomic E-state index is 0.519. The minimum Gasteiger partial charge on any atom is -0.456 e. The number of hydrogen-bond donors (Lipinski definition) is 0. The summed E-state index contributed by atoms with van der Waals surface area (Å²) in [6, 6.07) is 70.2. The summed E-state index contributed by atoms with van der Waals surface area (Å²) < 4.78 is 18.1. The molecule has 0 aliphatic carbocycles. The summed E-state index contributed by atoms with van der Waals surface area (Å²) in [6.45, 7) is 0. The summed E-state index contributed by atoms with van der Waals surface area (Å²) in [5, 5.41) is 13.1. The van der Waals surface area contributed by atoms with Crippen LogP contribution in [0.5, 0.6) is 0 Å². The molecule has 15 aromatic rings. The van der Waals surface area contributed by atoms with Crippen LogP contribution in [0.25, 0.3) is 143 Å². The van der Waals surface area contributed by atoms with E-state index >= 15 is 0 Å². The lowest BCUT2D eigenvalue weighted by atomic mass is 10.0. The van der Waals surface area contributed by atoms with Crippen molar-refractivity contribution in [2.75, 3.05) is 0 Å². The highest BCUT2D eigenvalue weighted by Gasteiger charge is 2.24. The van der Waals surface area contributed by atoms with Crippen molar-refractivity contribution in [3.63, 3.8) is 0 Å². The lowest BCUT2D eigenvalue weighted by Crippen LogP contribution is -2.07. The molecule has 0 atom stereocenters. The van der Waals surface area contributed by atoms with Gasteiger partial charge in [0.25, 0.3) is 0 Å². The maximum atomic E-state index is 7.16. The maximum Gasteiger partial charge on any atom is 0.238 e. The van der Waals surface area contributed by atoms with Gasteiger partial charge in [-0.2, -0.15) is 9.97 Å². The number of aromatic nitrogens is 5. The van der Waals surface area contributed by atoms with Crippen molar-refractivity contribution in [1.82, 2.24) is 24.1 Å². The molecule has 0 unspecified atom stereocenters. The van der Waals surface area contributed by atoms with Gasteiger partial charge in [0.15, 0.2) is 17.2 Å². The monoisotopic (exact) mass is 843 g/mol. The standard InChI is InChI=1S/C59H33N5O2/c1-2-16-36-32-50-45(30-35(36)15-1)41-20-7-9-23-47(41)63(50)51-33-37(31-46-42-29-28-34-14-3-4-17-38(34)55(42)66-56(46)51)57-60-58(44-22-13-27-53-54(44)43-21-8-12-26-52(43)65-53)62-59(61-57)64-48-24-10-5-18-39(48)40-19-6-11-25-49(40)64/h1-33H. The smallest absolute Gasteiger partial charge is 0.238 e. The number of nitrogens with zero attached hydrogens (tertiary/aromatic N) is 5. The van der Waals surface area contributed by atoms with Crippen molar-refractivity contribution < 1.29 is 8.83 Å². The highest BCUT2D eigenvalue weighted by molar-refractivity contribution is 6.19. The molecule has 5 heterocycles. The molecule has 0 saturated heterocycles. The Morgan fingerprint density at radius 2 is 0.939 bits per heavy atom. The molecule has 0 spiro atoms. The molecule has 0 aliphatic heterocycles. The van der Waals surface area contributed by atoms with E-state index in [9.17, 15) is 0 Å². The van der Waals surface area contributed by atoms with Crippen LogP contribution < -0.4 is 0 Å². The van der Waals surface area contributed by atoms with Crippen molar-refractivity contribution in [3.8, 4) is 34.4 Å². The maximum absolute atomic E-state index is 7.16. The Labute approximate surface area is 375 Å². The first-order chi connectivity index (χ1) is 32.7. The SMILES string of the molecule is c1ccc2cc3c(cc2c1)c1ccccc1n3-c1cc(-c2nc(-c3cccc4oc5ccccc5c34)nc(-n3c4ccccc4c4ccccc43)n2)cc2c1oc1c3ccccc3ccc21. The van der Waals surface area contributed by atoms with E-state index in [1.165, 1.54) is 10.8 Å². The van der Waals surface area contributed by atoms with Crippen LogP contribution in [0.4, 0.5) is 0 Å². The van der Waals surface area contributed by atoms with Crippen molar-refractivity contribution in [3.05, 3.63) is 200 Å². The third-order valence-electron chi connectivity index (χ3n) is 13.5. The van der Waals surface area contributed by atoms with E-state index in [1.807, 2.05) is 30.3 Å². The zero-order chi connectivity index (χ0) is 43.0. The summed E-state index contributed by atoms with van der Waals surface area (Å²) in [5.41, 5.74) is 9.97. The Hall–Kier alpha value is -9.07. The molecule has 0 aliphatic rings. The molecule has 7 heteroatoms. The molecule has 7 nitrogen and oxygen atoms in total. The summed E-state index contributed by atoms with van der Waals surface area (Å²) >= 11 is 0. The predicted molar refractivity (Wildman–Crippen MR) is 269 cm³/mol. The van der Waals surface area contributed by atoms with Crippen LogP contribution in [0.2, 0.25) is 0 Å². The molecule has 66 heavy (non-hydrogen) atoms. The van der Waals surface area contributed by atoms with E-state index in [1.54, 1.807) is 0 Å². The van der Waals surface area contributed by atoms with Gasteiger partial charge in [-0.05, 0) is 76.8 Å². The van der Waals surface area contributed by atoms with Gasteiger partial charge in [-0.3, -0.25) is 4.57 Å². The Morgan fingerprint density at radius 3 is 1.71 bits per heavy atom. The molecule has 306 valence electrons. The van der Waals surface area contributed by atoms with Gasteiger partial charge < -0.3 is 13.4 Å². The molecule has 0 bridgehead atoms. The molecule has 0 N–H and O–H groups in total. The van der Waals surface area contributed by atoms with Gasteiger partial charge in [-0.1, -0.05) is 140 Å². The van der Waals surface area contributed by atoms with Crippen molar-refractivity contribution in [1.29, 1.82) is 0 Å². The van der Waals surface area contributed by atoms with Crippen molar-refractivity contribution in [2.24, 2.45) is 0 Å². The molecule has 5 aromatic heterocycles. The zero-order valence-corrected chi connectivity index (χ0v) is 35.1. The first-order valence-corrected chi connectivity index (χ1v) is 22.2. The van der Waals surface area contributed by atoms with Gasteiger partial charge in [0.1, 0.15) is 16.7 Å². The average Bonchev–Trinajstić information content (AvgIpc) is 4.13. The Kier molecular flexibility index (Phi) is 7.10. The normalized spacial score (nSPS) is 12.2. The number of benzene rings is 10. The van der Waals surface area contributed by atoms with Gasteiger partial charge >= 0.3 is 0 Å². The third-order valence-corrected chi connectivity index (χ3v) is 13.5. The first-order valence-electron chi connectivity index (χ1n) is 22.2. The number of rotatable bonds is 4. The van der Waals surface area contributed by atoms with Crippen LogP contribution in [0.15, 0.2) is 209 Å². The number of furan rings is 2. The molecule has 0 amide bonds. The highest BCUT2D eigenvalue weighted by atomic mass is 16.3. The van der Waals surface area contributed by atoms with Crippen molar-refractivity contribution in [2.45, 2.75) is 0 Å². The van der Waals surface area contributed by atoms with E-state index in [4.69, 9.17) is 23.8 Å². The van der Waals surface area contributed by atoms with E-state index in [2.05, 4.69) is 179 Å². The first kappa shape index (κ1) is 35.4. The summed E-state index contributed by atoms with van der Waals surface area (Å²) in [6.07, 6.45) is 0. The van der Waals surface area contributed by atoms with Gasteiger partial charge in [0, 0.05) is 59.6 Å². The van der Waals surface area contributed by atoms with Gasteiger partial charge in [0.05, 0.1) is 27.8 Å². The fraction of sp³-hybridized carbons (Fsp3) is 0. The third kappa shape index (κ3) is 4.93. The van der Waals surface area contributed by atoms with Gasteiger partial charge in [-0.25, -0.2) is 4.98 Å². The topological polar surface area (TPSA) is 74.8 Å². The molecule has 10 aromatic carbocycles. The summed E-state index contributed by atoms with van der Waals surface area (Å²) in [5.74, 6) is 1.60. The van der Waals surface area contributed by atoms with Crippen LogP contribution in [-0.4, -0.2) is 24.1 Å². The Bertz CT molecular complexity index is 4500. The quantitative estimate of drug-likeness (QED) is 0.176. The number of fused-ring (bicyclic) bond motifs is 15. The van der Waals surface area contributed by atoms with Gasteiger partial charge in [-0.15, -0.1) is 0 Å². The second-order valence-corrected chi connectivity index (χ2v) is 17.1. The highest BCUT2D eigenvalue weighted by Crippen LogP contribution is 2.44. The average molecular weight is 844 g/mol. The Morgan fingerprint density at radius 1 is 0.333 bits per heavy atom. The van der Waals surface area contributed by atoms with Crippen LogP contribution >= 0.6 is 0 Å². The number of hydrogen-bond acceptors (Lipinski definition) is 5. The lowest BCUT2D eigenvalue weighted by Gasteiger charge is -2.14. The van der Waals surface area contributed by atoms with E-state index in [-0.39, 0.29) is 0 Å². The van der Waals surface area contributed by atoms with Crippen LogP contribution in [0.3, 0.4) is 0 Å². The molecular weight excluding hydrogens is 811 g/mol. The number of para-hydroxylation sites is 4. The van der Waals surface area contributed by atoms with E-state index in [0.717, 1.165) is 115 Å². The Balaban J connectivity index is 1.09. The molecular formula is C59H33N5O2. The van der Waals surface area contributed by atoms with Crippen LogP contribution in [-0.2, 0) is 0 Å². The summed E-state index contributed by atoms with van der Waals surface area (Å²) in [4.78, 5) is 16.4. The zero-order valence-electron chi connectivity index (χ0n) is 35.1. The fourth-order valence-corrected chi connectivity index (χ4v) is 10.6. The molecule has 15 rings (SSSR count). The summed E-state index contributed by atoms with van der Waals surface area (Å²) in [7, 11) is 0. The minimum atomic E-state index is 0.519. The van der Waals surface area contributed by atoms with E-state index in [0.29, 0.717) is 17.6 Å². The van der Waals surface area contributed by atoms with Gasteiger partial charge in [0.2, 0.25) is 5.95 Å². The molecule has 0 radical (unpaired) electrons. The van der Waals surface area contributed by atoms with E-state index < -0.39 is 0 Å². The van der Waals surface area contributed by atoms with Crippen LogP contribution in [0.1, 0.15) is 0 Å². The largest absolute Gasteiger partial charge is 0.456 e.